The van der Waals surface area contributed by atoms with E-state index >= 15 is 0 Å². The molecule has 0 saturated carbocycles. The molecule has 0 aliphatic heterocycles. The minimum absolute atomic E-state index is 0.183. The Morgan fingerprint density at radius 1 is 1.25 bits per heavy atom. The van der Waals surface area contributed by atoms with Crippen LogP contribution in [0.3, 0.4) is 0 Å². The number of nitrogens with one attached hydrogen (secondary N) is 1. The number of hydrogen-bond acceptors (Lipinski definition) is 3. The first-order chi connectivity index (χ1) is 9.51. The summed E-state index contributed by atoms with van der Waals surface area (Å²) in [6, 6.07) is 7.89. The van der Waals surface area contributed by atoms with E-state index in [0.717, 1.165) is 12.0 Å². The average molecular weight is 272 g/mol. The van der Waals surface area contributed by atoms with E-state index in [-0.39, 0.29) is 11.4 Å². The van der Waals surface area contributed by atoms with Gasteiger partial charge in [-0.15, -0.1) is 0 Å². The highest BCUT2D eigenvalue weighted by Crippen LogP contribution is 2.19. The molecule has 0 unspecified atom stereocenters. The quantitative estimate of drug-likeness (QED) is 0.899. The van der Waals surface area contributed by atoms with Crippen molar-refractivity contribution in [3.8, 4) is 17.3 Å². The molecule has 0 saturated heterocycles. The van der Waals surface area contributed by atoms with Gasteiger partial charge in [0.25, 0.3) is 5.56 Å². The van der Waals surface area contributed by atoms with Crippen molar-refractivity contribution >= 4 is 0 Å². The molecule has 0 bridgehead atoms. The number of aromatic amines is 1. The number of rotatable bonds is 4. The molecule has 0 aliphatic rings. The summed E-state index contributed by atoms with van der Waals surface area (Å²) in [5.74, 6) is 0.824. The number of benzene rings is 1. The Kier molecular flexibility index (Phi) is 4.23. The monoisotopic (exact) mass is 272 g/mol. The topological polar surface area (TPSA) is 66.0 Å². The first-order valence-corrected chi connectivity index (χ1v) is 6.92. The third-order valence-electron chi connectivity index (χ3n) is 3.22. The fourth-order valence-electron chi connectivity index (χ4n) is 2.21. The smallest absolute Gasteiger partial charge is 0.258 e. The van der Waals surface area contributed by atoms with Crippen LogP contribution in [0.4, 0.5) is 0 Å². The van der Waals surface area contributed by atoms with E-state index in [1.165, 1.54) is 5.56 Å². The number of nitrogens with zero attached hydrogens (tertiary/aromatic N) is 1. The Labute approximate surface area is 118 Å². The van der Waals surface area contributed by atoms with Gasteiger partial charge in [-0.1, -0.05) is 45.0 Å². The van der Waals surface area contributed by atoms with Crippen molar-refractivity contribution in [2.45, 2.75) is 33.6 Å². The highest BCUT2D eigenvalue weighted by Gasteiger charge is 2.10. The Morgan fingerprint density at radius 3 is 2.40 bits per heavy atom. The van der Waals surface area contributed by atoms with Gasteiger partial charge in [0.05, 0.1) is 5.56 Å². The standard InChI is InChI=1S/C16H20N2O2/c1-4-13-15(19)17-14(18-16(13)20)12-7-5-11(6-8-12)9-10(2)3/h5-8,10H,4,9H2,1-3H3,(H2,17,18,19,20). The summed E-state index contributed by atoms with van der Waals surface area (Å²) in [5, 5.41) is 9.78. The van der Waals surface area contributed by atoms with E-state index in [1.54, 1.807) is 0 Å². The van der Waals surface area contributed by atoms with Crippen molar-refractivity contribution in [2.75, 3.05) is 0 Å². The molecule has 106 valence electrons. The summed E-state index contributed by atoms with van der Waals surface area (Å²) in [7, 11) is 0. The molecule has 0 amide bonds. The fraction of sp³-hybridized carbons (Fsp3) is 0.375. The van der Waals surface area contributed by atoms with Crippen LogP contribution >= 0.6 is 0 Å². The van der Waals surface area contributed by atoms with Crippen LogP contribution in [0.1, 0.15) is 31.9 Å². The second kappa shape index (κ2) is 5.90. The Bertz CT molecular complexity index is 643. The van der Waals surface area contributed by atoms with Crippen LogP contribution in [-0.2, 0) is 12.8 Å². The van der Waals surface area contributed by atoms with Gasteiger partial charge in [0, 0.05) is 5.56 Å². The van der Waals surface area contributed by atoms with Crippen molar-refractivity contribution in [3.63, 3.8) is 0 Å². The molecular formula is C16H20N2O2. The Balaban J connectivity index is 2.35. The maximum atomic E-state index is 11.8. The summed E-state index contributed by atoms with van der Waals surface area (Å²) in [6.45, 7) is 6.16. The van der Waals surface area contributed by atoms with E-state index in [0.29, 0.717) is 23.7 Å². The molecule has 2 aromatic rings. The lowest BCUT2D eigenvalue weighted by Crippen LogP contribution is -2.14. The molecular weight excluding hydrogens is 252 g/mol. The lowest BCUT2D eigenvalue weighted by molar-refractivity contribution is 0.444. The molecule has 0 atom stereocenters. The second-order valence-electron chi connectivity index (χ2n) is 5.37. The van der Waals surface area contributed by atoms with Gasteiger partial charge < -0.3 is 10.1 Å². The maximum absolute atomic E-state index is 11.8. The van der Waals surface area contributed by atoms with Crippen LogP contribution in [0.5, 0.6) is 5.88 Å². The summed E-state index contributed by atoms with van der Waals surface area (Å²) >= 11 is 0. The maximum Gasteiger partial charge on any atom is 0.258 e. The molecule has 2 N–H and O–H groups in total. The summed E-state index contributed by atoms with van der Waals surface area (Å²) in [5.41, 5.74) is 2.10. The van der Waals surface area contributed by atoms with Crippen LogP contribution in [0.25, 0.3) is 11.4 Å². The van der Waals surface area contributed by atoms with Crippen LogP contribution in [0.2, 0.25) is 0 Å². The zero-order valence-corrected chi connectivity index (χ0v) is 12.1. The van der Waals surface area contributed by atoms with Gasteiger partial charge in [-0.05, 0) is 24.3 Å². The Hall–Kier alpha value is -2.10. The van der Waals surface area contributed by atoms with E-state index in [2.05, 4.69) is 23.8 Å². The van der Waals surface area contributed by atoms with Crippen LogP contribution < -0.4 is 5.56 Å². The summed E-state index contributed by atoms with van der Waals surface area (Å²) < 4.78 is 0. The van der Waals surface area contributed by atoms with Gasteiger partial charge in [-0.3, -0.25) is 4.79 Å². The predicted molar refractivity (Wildman–Crippen MR) is 79.9 cm³/mol. The minimum Gasteiger partial charge on any atom is -0.493 e. The summed E-state index contributed by atoms with van der Waals surface area (Å²) in [6.07, 6.45) is 1.48. The van der Waals surface area contributed by atoms with Gasteiger partial charge in [0.2, 0.25) is 5.88 Å². The molecule has 0 aliphatic carbocycles. The van der Waals surface area contributed by atoms with E-state index in [9.17, 15) is 9.90 Å². The second-order valence-corrected chi connectivity index (χ2v) is 5.37. The zero-order valence-electron chi connectivity index (χ0n) is 12.1. The molecule has 2 rings (SSSR count). The molecule has 1 aromatic heterocycles. The third kappa shape index (κ3) is 3.07. The zero-order chi connectivity index (χ0) is 14.7. The largest absolute Gasteiger partial charge is 0.493 e. The van der Waals surface area contributed by atoms with Crippen molar-refractivity contribution in [1.29, 1.82) is 0 Å². The van der Waals surface area contributed by atoms with E-state index in [4.69, 9.17) is 0 Å². The minimum atomic E-state index is -0.277. The normalized spacial score (nSPS) is 11.0. The van der Waals surface area contributed by atoms with E-state index in [1.807, 2.05) is 31.2 Å². The van der Waals surface area contributed by atoms with Crippen LogP contribution in [0.15, 0.2) is 29.1 Å². The first-order valence-electron chi connectivity index (χ1n) is 6.92. The van der Waals surface area contributed by atoms with Gasteiger partial charge in [0.1, 0.15) is 5.82 Å². The average Bonchev–Trinajstić information content (AvgIpc) is 2.38. The molecule has 0 fully saturated rings. The van der Waals surface area contributed by atoms with Gasteiger partial charge in [-0.25, -0.2) is 0 Å². The Morgan fingerprint density at radius 2 is 1.90 bits per heavy atom. The highest BCUT2D eigenvalue weighted by atomic mass is 16.3. The number of aromatic hydroxyl groups is 1. The molecule has 20 heavy (non-hydrogen) atoms. The lowest BCUT2D eigenvalue weighted by atomic mass is 10.0. The SMILES string of the molecule is CCc1c(O)nc(-c2ccc(CC(C)C)cc2)[nH]c1=O. The van der Waals surface area contributed by atoms with Gasteiger partial charge in [-0.2, -0.15) is 4.98 Å². The molecule has 1 aromatic carbocycles. The van der Waals surface area contributed by atoms with Crippen LogP contribution in [0, 0.1) is 5.92 Å². The lowest BCUT2D eigenvalue weighted by Gasteiger charge is -2.07. The third-order valence-corrected chi connectivity index (χ3v) is 3.22. The first kappa shape index (κ1) is 14.3. The van der Waals surface area contributed by atoms with Crippen molar-refractivity contribution in [2.24, 2.45) is 5.92 Å². The highest BCUT2D eigenvalue weighted by molar-refractivity contribution is 5.56. The van der Waals surface area contributed by atoms with Crippen molar-refractivity contribution < 1.29 is 5.11 Å². The fourth-order valence-corrected chi connectivity index (χ4v) is 2.21. The summed E-state index contributed by atoms with van der Waals surface area (Å²) in [4.78, 5) is 18.6. The molecule has 4 heteroatoms. The molecule has 0 spiro atoms. The van der Waals surface area contributed by atoms with E-state index < -0.39 is 0 Å². The predicted octanol–water partition coefficient (Wildman–Crippen LogP) is 2.90. The van der Waals surface area contributed by atoms with Crippen LogP contribution in [-0.4, -0.2) is 15.1 Å². The molecule has 0 radical (unpaired) electrons. The number of H-pyrrole nitrogens is 1. The number of aromatic nitrogens is 2. The van der Waals surface area contributed by atoms with Crippen molar-refractivity contribution in [3.05, 3.63) is 45.7 Å². The van der Waals surface area contributed by atoms with Crippen molar-refractivity contribution in [1.82, 2.24) is 9.97 Å². The van der Waals surface area contributed by atoms with Gasteiger partial charge >= 0.3 is 0 Å². The van der Waals surface area contributed by atoms with Gasteiger partial charge in [0.15, 0.2) is 0 Å². The number of hydrogen-bond donors (Lipinski definition) is 2. The molecule has 4 nitrogen and oxygen atoms in total. The molecule has 1 heterocycles.